The fraction of sp³-hybridized carbons (Fsp3) is 0.714. The number of unbranched alkanes of at least 4 members (excludes halogenated alkanes) is 14. The van der Waals surface area contributed by atoms with Gasteiger partial charge in [0.1, 0.15) is 16.7 Å². The van der Waals surface area contributed by atoms with Crippen molar-refractivity contribution in [3.8, 4) is 0 Å². The van der Waals surface area contributed by atoms with E-state index in [0.717, 1.165) is 26.2 Å². The van der Waals surface area contributed by atoms with E-state index < -0.39 is 33.9 Å². The average Bonchev–Trinajstić information content (AvgIpc) is 2.86. The molecule has 0 N–H and O–H groups in total. The zero-order valence-corrected chi connectivity index (χ0v) is 27.1. The quantitative estimate of drug-likeness (QED) is 0.0966. The molecule has 1 unspecified atom stereocenters. The van der Waals surface area contributed by atoms with Gasteiger partial charge in [0.15, 0.2) is 0 Å². The van der Waals surface area contributed by atoms with E-state index in [1.54, 1.807) is 12.1 Å². The zero-order chi connectivity index (χ0) is 26.7. The van der Waals surface area contributed by atoms with Gasteiger partial charge in [-0.25, -0.2) is 18.0 Å². The van der Waals surface area contributed by atoms with Crippen molar-refractivity contribution in [2.45, 2.75) is 115 Å². The molecule has 0 spiro atoms. The van der Waals surface area contributed by atoms with Crippen molar-refractivity contribution in [1.82, 2.24) is 0 Å². The van der Waals surface area contributed by atoms with E-state index in [1.165, 1.54) is 89.2 Å². The van der Waals surface area contributed by atoms with Crippen LogP contribution in [0.1, 0.15) is 131 Å². The summed E-state index contributed by atoms with van der Waals surface area (Å²) in [6.07, 6.45) is 18.8. The Bertz CT molecular complexity index is 858. The maximum absolute atomic E-state index is 12.4. The molecule has 0 saturated carbocycles. The van der Waals surface area contributed by atoms with Crippen LogP contribution in [0.25, 0.3) is 0 Å². The molecule has 1 aromatic rings. The summed E-state index contributed by atoms with van der Waals surface area (Å²) in [5, 5.41) is -1.37. The molecule has 0 saturated heterocycles. The summed E-state index contributed by atoms with van der Waals surface area (Å²) in [5.41, 5.74) is 0.0376. The summed E-state index contributed by atoms with van der Waals surface area (Å²) in [6.45, 7) is 3.10. The van der Waals surface area contributed by atoms with Gasteiger partial charge in [0.25, 0.3) is 0 Å². The van der Waals surface area contributed by atoms with Crippen LogP contribution in [-0.4, -0.2) is 43.4 Å². The summed E-state index contributed by atoms with van der Waals surface area (Å²) < 4.78 is 43.1. The normalized spacial score (nSPS) is 12.0. The van der Waals surface area contributed by atoms with Gasteiger partial charge in [0.2, 0.25) is 0 Å². The molecule has 0 heterocycles. The molecule has 37 heavy (non-hydrogen) atoms. The summed E-state index contributed by atoms with van der Waals surface area (Å²) in [5.74, 6) is -1.50. The van der Waals surface area contributed by atoms with Crippen LogP contribution in [0.4, 0.5) is 0 Å². The molecule has 1 atom stereocenters. The third kappa shape index (κ3) is 17.8. The fourth-order valence-electron chi connectivity index (χ4n) is 3.91. The number of hydrogen-bond donors (Lipinski definition) is 0. The average molecular weight is 565 g/mol. The van der Waals surface area contributed by atoms with Gasteiger partial charge in [-0.2, -0.15) is 0 Å². The molecule has 0 amide bonds. The summed E-state index contributed by atoms with van der Waals surface area (Å²) in [4.78, 5) is 24.7. The molecule has 0 fully saturated rings. The number of esters is 2. The second kappa shape index (κ2) is 22.5. The van der Waals surface area contributed by atoms with Gasteiger partial charge < -0.3 is 14.0 Å². The minimum Gasteiger partial charge on any atom is -0.748 e. The van der Waals surface area contributed by atoms with Gasteiger partial charge in [-0.1, -0.05) is 109 Å². The SMILES string of the molecule is CCCCCCCCCCCCCCCCCOC(=O)c1ccccc1C(=O)OCC(C)S(=O)(=O)[O-].[K+]. The van der Waals surface area contributed by atoms with Gasteiger partial charge in [0.05, 0.1) is 23.0 Å². The minimum atomic E-state index is -4.56. The van der Waals surface area contributed by atoms with E-state index in [4.69, 9.17) is 9.47 Å². The van der Waals surface area contributed by atoms with E-state index in [-0.39, 0.29) is 69.1 Å². The van der Waals surface area contributed by atoms with Crippen molar-refractivity contribution in [3.05, 3.63) is 35.4 Å². The third-order valence-electron chi connectivity index (χ3n) is 6.29. The molecule has 7 nitrogen and oxygen atoms in total. The van der Waals surface area contributed by atoms with E-state index in [0.29, 0.717) is 0 Å². The van der Waals surface area contributed by atoms with Crippen LogP contribution in [-0.2, 0) is 19.6 Å². The van der Waals surface area contributed by atoms with E-state index >= 15 is 0 Å². The Balaban J connectivity index is 0.0000130. The van der Waals surface area contributed by atoms with Gasteiger partial charge in [0, 0.05) is 0 Å². The van der Waals surface area contributed by atoms with Gasteiger partial charge in [-0.05, 0) is 25.5 Å². The number of hydrogen-bond acceptors (Lipinski definition) is 7. The molecule has 9 heteroatoms. The molecular formula is C28H45KO7S. The van der Waals surface area contributed by atoms with Gasteiger partial charge in [-0.15, -0.1) is 0 Å². The number of benzene rings is 1. The molecule has 0 aliphatic heterocycles. The Hall–Kier alpha value is -0.294. The standard InChI is InChI=1S/C28H46O7S.K/c1-3-4-5-6-7-8-9-10-11-12-13-14-15-16-19-22-34-27(29)25-20-17-18-21-26(25)28(30)35-23-24(2)36(31,32)33;/h17-18,20-21,24H,3-16,19,22-23H2,1-2H3,(H,31,32,33);/q;+1/p-1. The second-order valence-electron chi connectivity index (χ2n) is 9.53. The van der Waals surface area contributed by atoms with Gasteiger partial charge >= 0.3 is 63.3 Å². The largest absolute Gasteiger partial charge is 1.00 e. The smallest absolute Gasteiger partial charge is 0.748 e. The number of rotatable bonds is 21. The first-order valence-electron chi connectivity index (χ1n) is 13.6. The molecule has 0 aromatic heterocycles. The van der Waals surface area contributed by atoms with Crippen LogP contribution >= 0.6 is 0 Å². The summed E-state index contributed by atoms with van der Waals surface area (Å²) in [7, 11) is -4.56. The summed E-state index contributed by atoms with van der Waals surface area (Å²) in [6, 6.07) is 6.03. The van der Waals surface area contributed by atoms with Crippen molar-refractivity contribution in [1.29, 1.82) is 0 Å². The Morgan fingerprint density at radius 2 is 1.11 bits per heavy atom. The predicted molar refractivity (Wildman–Crippen MR) is 141 cm³/mol. The van der Waals surface area contributed by atoms with Crippen LogP contribution < -0.4 is 51.4 Å². The molecule has 0 bridgehead atoms. The number of carbonyl (C=O) groups excluding carboxylic acids is 2. The Labute approximate surface area is 267 Å². The maximum Gasteiger partial charge on any atom is 1.00 e. The molecule has 0 aliphatic carbocycles. The Kier molecular flexibility index (Phi) is 22.3. The van der Waals surface area contributed by atoms with Crippen LogP contribution in [0.5, 0.6) is 0 Å². The second-order valence-corrected chi connectivity index (χ2v) is 11.3. The van der Waals surface area contributed by atoms with Crippen LogP contribution in [0, 0.1) is 0 Å². The minimum absolute atomic E-state index is 0. The van der Waals surface area contributed by atoms with Crippen molar-refractivity contribution in [2.75, 3.05) is 13.2 Å². The summed E-state index contributed by atoms with van der Waals surface area (Å²) >= 11 is 0. The van der Waals surface area contributed by atoms with Crippen molar-refractivity contribution in [3.63, 3.8) is 0 Å². The van der Waals surface area contributed by atoms with E-state index in [9.17, 15) is 22.6 Å². The first-order valence-corrected chi connectivity index (χ1v) is 15.1. The fourth-order valence-corrected chi connectivity index (χ4v) is 4.14. The van der Waals surface area contributed by atoms with Crippen LogP contribution in [0.15, 0.2) is 24.3 Å². The first kappa shape index (κ1) is 36.7. The molecule has 1 rings (SSSR count). The third-order valence-corrected chi connectivity index (χ3v) is 7.41. The van der Waals surface area contributed by atoms with Crippen molar-refractivity contribution >= 4 is 22.1 Å². The zero-order valence-electron chi connectivity index (χ0n) is 23.2. The Morgan fingerprint density at radius 3 is 1.51 bits per heavy atom. The number of carbonyl (C=O) groups is 2. The maximum atomic E-state index is 12.4. The first-order chi connectivity index (χ1) is 17.3. The molecule has 206 valence electrons. The van der Waals surface area contributed by atoms with E-state index in [1.807, 2.05) is 0 Å². The predicted octanol–water partition coefficient (Wildman–Crippen LogP) is 3.81. The van der Waals surface area contributed by atoms with E-state index in [2.05, 4.69) is 6.92 Å². The van der Waals surface area contributed by atoms with Crippen molar-refractivity contribution < 1.29 is 83.4 Å². The van der Waals surface area contributed by atoms with Crippen LogP contribution in [0.3, 0.4) is 0 Å². The molecule has 1 aromatic carbocycles. The molecule has 0 aliphatic rings. The molecular weight excluding hydrogens is 519 g/mol. The van der Waals surface area contributed by atoms with Gasteiger partial charge in [-0.3, -0.25) is 0 Å². The molecule has 0 radical (unpaired) electrons. The van der Waals surface area contributed by atoms with Crippen LogP contribution in [0.2, 0.25) is 0 Å². The van der Waals surface area contributed by atoms with Crippen molar-refractivity contribution in [2.24, 2.45) is 0 Å². The Morgan fingerprint density at radius 1 is 0.730 bits per heavy atom. The monoisotopic (exact) mass is 564 g/mol. The number of ether oxygens (including phenoxy) is 2. The topological polar surface area (TPSA) is 110 Å².